The third kappa shape index (κ3) is 2.76. The van der Waals surface area contributed by atoms with Crippen molar-refractivity contribution in [2.75, 3.05) is 44.7 Å². The maximum absolute atomic E-state index is 11.4. The summed E-state index contributed by atoms with van der Waals surface area (Å²) in [6, 6.07) is 8.23. The first-order valence-electron chi connectivity index (χ1n) is 6.80. The number of thiazole rings is 1. The molecule has 3 rings (SSSR count). The van der Waals surface area contributed by atoms with E-state index in [0.717, 1.165) is 36.8 Å². The van der Waals surface area contributed by atoms with Crippen LogP contribution in [0.4, 0.5) is 5.13 Å². The van der Waals surface area contributed by atoms with E-state index in [2.05, 4.69) is 32.2 Å². The molecule has 2 heterocycles. The number of benzene rings is 1. The highest BCUT2D eigenvalue weighted by atomic mass is 32.1. The van der Waals surface area contributed by atoms with E-state index < -0.39 is 0 Å². The van der Waals surface area contributed by atoms with Crippen molar-refractivity contribution in [2.45, 2.75) is 0 Å². The quantitative estimate of drug-likeness (QED) is 0.922. The highest BCUT2D eigenvalue weighted by molar-refractivity contribution is 7.22. The molecule has 1 N–H and O–H groups in total. The minimum atomic E-state index is 0.0819. The van der Waals surface area contributed by atoms with Crippen LogP contribution in [0, 0.1) is 0 Å². The molecule has 1 fully saturated rings. The second-order valence-corrected chi connectivity index (χ2v) is 5.91. The summed E-state index contributed by atoms with van der Waals surface area (Å²) in [4.78, 5) is 20.6. The molecule has 5 nitrogen and oxygen atoms in total. The van der Waals surface area contributed by atoms with Crippen molar-refractivity contribution in [1.82, 2.24) is 15.2 Å². The number of nitrogens with zero attached hydrogens (tertiary/aromatic N) is 3. The van der Waals surface area contributed by atoms with Gasteiger partial charge in [-0.2, -0.15) is 0 Å². The number of nitrogens with one attached hydrogen (secondary N) is 1. The maximum atomic E-state index is 11.4. The van der Waals surface area contributed by atoms with Crippen molar-refractivity contribution in [2.24, 2.45) is 0 Å². The number of aromatic nitrogens is 1. The molecule has 0 atom stereocenters. The van der Waals surface area contributed by atoms with Crippen LogP contribution in [0.25, 0.3) is 10.2 Å². The second-order valence-electron chi connectivity index (χ2n) is 4.90. The van der Waals surface area contributed by atoms with Crippen LogP contribution in [0.5, 0.6) is 0 Å². The number of amides is 1. The molecule has 1 aliphatic rings. The molecule has 0 unspecified atom stereocenters. The Morgan fingerprint density at radius 3 is 2.75 bits per heavy atom. The number of carbonyl (C=O) groups is 1. The fraction of sp³-hybridized carbons (Fsp3) is 0.429. The van der Waals surface area contributed by atoms with E-state index in [-0.39, 0.29) is 5.91 Å². The molecular weight excluding hydrogens is 272 g/mol. The zero-order chi connectivity index (χ0) is 13.9. The van der Waals surface area contributed by atoms with E-state index in [0.29, 0.717) is 6.54 Å². The summed E-state index contributed by atoms with van der Waals surface area (Å²) in [5, 5.41) is 3.76. The molecular formula is C14H18N4OS. The smallest absolute Gasteiger partial charge is 0.233 e. The summed E-state index contributed by atoms with van der Waals surface area (Å²) in [5.41, 5.74) is 1.07. The summed E-state index contributed by atoms with van der Waals surface area (Å²) in [7, 11) is 1.68. The normalized spacial score (nSPS) is 16.6. The topological polar surface area (TPSA) is 48.5 Å². The van der Waals surface area contributed by atoms with E-state index in [4.69, 9.17) is 0 Å². The molecule has 2 aromatic rings. The lowest BCUT2D eigenvalue weighted by molar-refractivity contribution is -0.121. The Kier molecular flexibility index (Phi) is 3.84. The fourth-order valence-corrected chi connectivity index (χ4v) is 3.39. The molecule has 1 amide bonds. The van der Waals surface area contributed by atoms with Crippen molar-refractivity contribution in [3.05, 3.63) is 24.3 Å². The van der Waals surface area contributed by atoms with Crippen LogP contribution in [-0.2, 0) is 4.79 Å². The minimum absolute atomic E-state index is 0.0819. The van der Waals surface area contributed by atoms with Crippen LogP contribution in [0.3, 0.4) is 0 Å². The Balaban J connectivity index is 1.64. The van der Waals surface area contributed by atoms with E-state index in [1.807, 2.05) is 12.1 Å². The zero-order valence-electron chi connectivity index (χ0n) is 11.5. The standard InChI is InChI=1S/C14H18N4OS/c1-15-13(19)10-17-6-8-18(9-7-17)14-16-11-4-2-3-5-12(11)20-14/h2-5H,6-10H2,1H3,(H,15,19). The number of piperazine rings is 1. The van der Waals surface area contributed by atoms with Gasteiger partial charge < -0.3 is 10.2 Å². The number of anilines is 1. The average Bonchev–Trinajstić information content (AvgIpc) is 2.91. The molecule has 0 bridgehead atoms. The van der Waals surface area contributed by atoms with Crippen LogP contribution < -0.4 is 10.2 Å². The lowest BCUT2D eigenvalue weighted by Gasteiger charge is -2.33. The summed E-state index contributed by atoms with van der Waals surface area (Å²) in [5.74, 6) is 0.0819. The molecule has 20 heavy (non-hydrogen) atoms. The van der Waals surface area contributed by atoms with Gasteiger partial charge in [0.25, 0.3) is 0 Å². The second kappa shape index (κ2) is 5.76. The largest absolute Gasteiger partial charge is 0.358 e. The summed E-state index contributed by atoms with van der Waals surface area (Å²) >= 11 is 1.74. The molecule has 6 heteroatoms. The van der Waals surface area contributed by atoms with E-state index in [9.17, 15) is 4.79 Å². The Morgan fingerprint density at radius 1 is 1.30 bits per heavy atom. The van der Waals surface area contributed by atoms with Gasteiger partial charge in [0.15, 0.2) is 5.13 Å². The molecule has 0 radical (unpaired) electrons. The molecule has 1 aromatic heterocycles. The molecule has 0 spiro atoms. The van der Waals surface area contributed by atoms with E-state index in [1.165, 1.54) is 4.70 Å². The Labute approximate surface area is 122 Å². The van der Waals surface area contributed by atoms with Gasteiger partial charge in [-0.3, -0.25) is 9.69 Å². The predicted molar refractivity (Wildman–Crippen MR) is 82.3 cm³/mol. The van der Waals surface area contributed by atoms with Crippen molar-refractivity contribution < 1.29 is 4.79 Å². The monoisotopic (exact) mass is 290 g/mol. The van der Waals surface area contributed by atoms with Crippen molar-refractivity contribution in [3.8, 4) is 0 Å². The first kappa shape index (κ1) is 13.3. The van der Waals surface area contributed by atoms with Crippen LogP contribution in [0.2, 0.25) is 0 Å². The van der Waals surface area contributed by atoms with Crippen molar-refractivity contribution in [1.29, 1.82) is 0 Å². The van der Waals surface area contributed by atoms with Crippen LogP contribution in [0.1, 0.15) is 0 Å². The lowest BCUT2D eigenvalue weighted by Crippen LogP contribution is -2.49. The number of hydrogen-bond donors (Lipinski definition) is 1. The lowest BCUT2D eigenvalue weighted by atomic mass is 10.3. The molecule has 1 aliphatic heterocycles. The average molecular weight is 290 g/mol. The molecule has 106 valence electrons. The van der Waals surface area contributed by atoms with Crippen LogP contribution >= 0.6 is 11.3 Å². The van der Waals surface area contributed by atoms with Gasteiger partial charge in [-0.1, -0.05) is 23.5 Å². The van der Waals surface area contributed by atoms with Crippen LogP contribution in [0.15, 0.2) is 24.3 Å². The Hall–Kier alpha value is -1.66. The third-order valence-corrected chi connectivity index (χ3v) is 4.67. The highest BCUT2D eigenvalue weighted by Gasteiger charge is 2.20. The third-order valence-electron chi connectivity index (χ3n) is 3.57. The van der Waals surface area contributed by atoms with Crippen LogP contribution in [-0.4, -0.2) is 55.6 Å². The maximum Gasteiger partial charge on any atom is 0.233 e. The van der Waals surface area contributed by atoms with Crippen molar-refractivity contribution >= 4 is 32.6 Å². The number of likely N-dealkylation sites (N-methyl/N-ethyl adjacent to an activating group) is 1. The fourth-order valence-electron chi connectivity index (χ4n) is 2.37. The van der Waals surface area contributed by atoms with Gasteiger partial charge in [0.2, 0.25) is 5.91 Å². The minimum Gasteiger partial charge on any atom is -0.358 e. The van der Waals surface area contributed by atoms with Crippen molar-refractivity contribution in [3.63, 3.8) is 0 Å². The summed E-state index contributed by atoms with van der Waals surface area (Å²) in [6.45, 7) is 4.16. The SMILES string of the molecule is CNC(=O)CN1CCN(c2nc3ccccc3s2)CC1. The predicted octanol–water partition coefficient (Wildman–Crippen LogP) is 1.16. The van der Waals surface area contributed by atoms with Gasteiger partial charge in [-0.05, 0) is 12.1 Å². The van der Waals surface area contributed by atoms with Gasteiger partial charge in [-0.25, -0.2) is 4.98 Å². The number of hydrogen-bond acceptors (Lipinski definition) is 5. The molecule has 1 aromatic carbocycles. The molecule has 1 saturated heterocycles. The number of rotatable bonds is 3. The first-order valence-corrected chi connectivity index (χ1v) is 7.61. The zero-order valence-corrected chi connectivity index (χ0v) is 12.3. The highest BCUT2D eigenvalue weighted by Crippen LogP contribution is 2.28. The van der Waals surface area contributed by atoms with Gasteiger partial charge in [0.05, 0.1) is 16.8 Å². The molecule has 0 aliphatic carbocycles. The summed E-state index contributed by atoms with van der Waals surface area (Å²) in [6.07, 6.45) is 0. The Morgan fingerprint density at radius 2 is 2.05 bits per heavy atom. The van der Waals surface area contributed by atoms with E-state index in [1.54, 1.807) is 18.4 Å². The number of carbonyl (C=O) groups excluding carboxylic acids is 1. The van der Waals surface area contributed by atoms with E-state index >= 15 is 0 Å². The Bertz CT molecular complexity index is 571. The molecule has 0 saturated carbocycles. The van der Waals surface area contributed by atoms with Gasteiger partial charge in [0.1, 0.15) is 0 Å². The van der Waals surface area contributed by atoms with Gasteiger partial charge in [0, 0.05) is 33.2 Å². The van der Waals surface area contributed by atoms with Gasteiger partial charge in [-0.15, -0.1) is 0 Å². The first-order chi connectivity index (χ1) is 9.76. The number of para-hydroxylation sites is 1. The number of fused-ring (bicyclic) bond motifs is 1. The summed E-state index contributed by atoms with van der Waals surface area (Å²) < 4.78 is 1.23. The van der Waals surface area contributed by atoms with Gasteiger partial charge >= 0.3 is 0 Å².